The van der Waals surface area contributed by atoms with Crippen molar-refractivity contribution in [2.45, 2.75) is 0 Å². The number of carbonyl (C=O) groups excluding carboxylic acids is 2. The molecule has 0 aliphatic heterocycles. The van der Waals surface area contributed by atoms with Crippen LogP contribution in [0.1, 0.15) is 10.4 Å². The molecular formula is C14H13N3O4. The van der Waals surface area contributed by atoms with Gasteiger partial charge in [-0.2, -0.15) is 0 Å². The number of pyridine rings is 1. The van der Waals surface area contributed by atoms with E-state index < -0.39 is 30.9 Å². The van der Waals surface area contributed by atoms with E-state index in [1.54, 1.807) is 30.5 Å². The second kappa shape index (κ2) is 6.00. The highest BCUT2D eigenvalue weighted by molar-refractivity contribution is 6.00. The Morgan fingerprint density at radius 1 is 1.19 bits per heavy atom. The number of benzene rings is 1. The van der Waals surface area contributed by atoms with Crippen LogP contribution >= 0.6 is 0 Å². The van der Waals surface area contributed by atoms with Crippen LogP contribution in [-0.2, 0) is 9.59 Å². The molecule has 1 heterocycles. The number of hydrogen-bond donors (Lipinski definition) is 2. The maximum Gasteiger partial charge on any atom is 0.323 e. The van der Waals surface area contributed by atoms with Crippen LogP contribution in [0.5, 0.6) is 0 Å². The highest BCUT2D eigenvalue weighted by atomic mass is 16.4. The van der Waals surface area contributed by atoms with Crippen molar-refractivity contribution in [3.63, 3.8) is 0 Å². The molecule has 2 aromatic rings. The minimum absolute atomic E-state index is 0.276. The van der Waals surface area contributed by atoms with Crippen LogP contribution in [0.15, 0.2) is 36.5 Å². The smallest absolute Gasteiger partial charge is 0.323 e. The first-order chi connectivity index (χ1) is 9.97. The minimum atomic E-state index is -1.22. The number of hydrogen-bond acceptors (Lipinski definition) is 4. The van der Waals surface area contributed by atoms with Gasteiger partial charge >= 0.3 is 5.97 Å². The standard InChI is InChI=1S/C14H13N3O4/c15-12(18)7-17(8-13(19)20)14(21)10-3-4-11-9(6-10)2-1-5-16-11/h1-6H,7-8H2,(H2,15,18)(H,19,20). The molecule has 0 fully saturated rings. The zero-order valence-corrected chi connectivity index (χ0v) is 11.0. The Morgan fingerprint density at radius 3 is 2.62 bits per heavy atom. The minimum Gasteiger partial charge on any atom is -0.480 e. The molecule has 0 atom stereocenters. The van der Waals surface area contributed by atoms with E-state index in [0.29, 0.717) is 5.52 Å². The average Bonchev–Trinajstić information content (AvgIpc) is 2.44. The van der Waals surface area contributed by atoms with Gasteiger partial charge in [0.2, 0.25) is 5.91 Å². The number of amides is 2. The third-order valence-electron chi connectivity index (χ3n) is 2.81. The summed E-state index contributed by atoms with van der Waals surface area (Å²) < 4.78 is 0. The summed E-state index contributed by atoms with van der Waals surface area (Å²) in [5, 5.41) is 9.56. The first-order valence-electron chi connectivity index (χ1n) is 6.11. The lowest BCUT2D eigenvalue weighted by Gasteiger charge is -2.19. The molecule has 0 bridgehead atoms. The molecule has 0 aliphatic carbocycles. The SMILES string of the molecule is NC(=O)CN(CC(=O)O)C(=O)c1ccc2ncccc2c1. The van der Waals surface area contributed by atoms with Gasteiger partial charge in [-0.25, -0.2) is 0 Å². The number of fused-ring (bicyclic) bond motifs is 1. The summed E-state index contributed by atoms with van der Waals surface area (Å²) in [5.74, 6) is -2.55. The highest BCUT2D eigenvalue weighted by Gasteiger charge is 2.20. The van der Waals surface area contributed by atoms with Gasteiger partial charge in [0.25, 0.3) is 5.91 Å². The molecule has 7 heteroatoms. The second-order valence-corrected chi connectivity index (χ2v) is 4.43. The highest BCUT2D eigenvalue weighted by Crippen LogP contribution is 2.15. The van der Waals surface area contributed by atoms with Gasteiger partial charge in [0.05, 0.1) is 5.52 Å². The van der Waals surface area contributed by atoms with Crippen molar-refractivity contribution >= 4 is 28.7 Å². The van der Waals surface area contributed by atoms with Crippen molar-refractivity contribution in [1.82, 2.24) is 9.88 Å². The Bertz CT molecular complexity index is 698. The summed E-state index contributed by atoms with van der Waals surface area (Å²) in [5.41, 5.74) is 6.03. The van der Waals surface area contributed by atoms with Gasteiger partial charge in [-0.1, -0.05) is 6.07 Å². The van der Waals surface area contributed by atoms with E-state index in [1.807, 2.05) is 0 Å². The summed E-state index contributed by atoms with van der Waals surface area (Å²) in [6.07, 6.45) is 1.63. The maximum absolute atomic E-state index is 12.3. The van der Waals surface area contributed by atoms with E-state index in [9.17, 15) is 14.4 Å². The molecule has 0 saturated carbocycles. The average molecular weight is 287 g/mol. The van der Waals surface area contributed by atoms with Crippen molar-refractivity contribution < 1.29 is 19.5 Å². The Hall–Kier alpha value is -2.96. The first kappa shape index (κ1) is 14.4. The lowest BCUT2D eigenvalue weighted by molar-refractivity contribution is -0.138. The van der Waals surface area contributed by atoms with Crippen LogP contribution in [0.3, 0.4) is 0 Å². The van der Waals surface area contributed by atoms with E-state index in [2.05, 4.69) is 4.98 Å². The van der Waals surface area contributed by atoms with Gasteiger partial charge in [0.1, 0.15) is 13.1 Å². The largest absolute Gasteiger partial charge is 0.480 e. The van der Waals surface area contributed by atoms with Crippen molar-refractivity contribution in [1.29, 1.82) is 0 Å². The number of carboxylic acid groups (broad SMARTS) is 1. The third kappa shape index (κ3) is 3.53. The van der Waals surface area contributed by atoms with Gasteiger partial charge in [-0.3, -0.25) is 19.4 Å². The molecule has 108 valence electrons. The number of aliphatic carboxylic acids is 1. The van der Waals surface area contributed by atoms with E-state index in [1.165, 1.54) is 6.07 Å². The molecule has 1 aromatic carbocycles. The van der Waals surface area contributed by atoms with E-state index in [4.69, 9.17) is 10.8 Å². The number of primary amides is 1. The van der Waals surface area contributed by atoms with Crippen molar-refractivity contribution in [3.05, 3.63) is 42.1 Å². The fourth-order valence-electron chi connectivity index (χ4n) is 1.94. The molecule has 2 amide bonds. The summed E-state index contributed by atoms with van der Waals surface area (Å²) >= 11 is 0. The Labute approximate surface area is 120 Å². The monoisotopic (exact) mass is 287 g/mol. The van der Waals surface area contributed by atoms with Gasteiger partial charge in [-0.15, -0.1) is 0 Å². The molecule has 0 saturated heterocycles. The zero-order chi connectivity index (χ0) is 15.4. The molecule has 1 aromatic heterocycles. The summed E-state index contributed by atoms with van der Waals surface area (Å²) in [4.78, 5) is 39.1. The first-order valence-corrected chi connectivity index (χ1v) is 6.11. The second-order valence-electron chi connectivity index (χ2n) is 4.43. The lowest BCUT2D eigenvalue weighted by atomic mass is 10.1. The molecule has 3 N–H and O–H groups in total. The Balaban J connectivity index is 2.32. The summed E-state index contributed by atoms with van der Waals surface area (Å²) in [6.45, 7) is -1.04. The van der Waals surface area contributed by atoms with Crippen LogP contribution in [-0.4, -0.2) is 45.9 Å². The Kier molecular flexibility index (Phi) is 4.13. The van der Waals surface area contributed by atoms with Gasteiger partial charge in [-0.05, 0) is 24.3 Å². The molecular weight excluding hydrogens is 274 g/mol. The van der Waals surface area contributed by atoms with E-state index in [-0.39, 0.29) is 5.56 Å². The number of carboxylic acids is 1. The summed E-state index contributed by atoms with van der Waals surface area (Å²) in [6, 6.07) is 8.31. The maximum atomic E-state index is 12.3. The molecule has 0 spiro atoms. The fourth-order valence-corrected chi connectivity index (χ4v) is 1.94. The van der Waals surface area contributed by atoms with Gasteiger partial charge in [0.15, 0.2) is 0 Å². The molecule has 21 heavy (non-hydrogen) atoms. The number of carbonyl (C=O) groups is 3. The number of nitrogens with zero attached hydrogens (tertiary/aromatic N) is 2. The fraction of sp³-hybridized carbons (Fsp3) is 0.143. The molecule has 2 rings (SSSR count). The summed E-state index contributed by atoms with van der Waals surface area (Å²) in [7, 11) is 0. The predicted molar refractivity (Wildman–Crippen MR) is 74.5 cm³/mol. The lowest BCUT2D eigenvalue weighted by Crippen LogP contribution is -2.41. The van der Waals surface area contributed by atoms with Crippen LogP contribution in [0, 0.1) is 0 Å². The van der Waals surface area contributed by atoms with Gasteiger partial charge in [0, 0.05) is 17.1 Å². The topological polar surface area (TPSA) is 114 Å². The zero-order valence-electron chi connectivity index (χ0n) is 11.0. The molecule has 0 aliphatic rings. The van der Waals surface area contributed by atoms with Crippen LogP contribution in [0.4, 0.5) is 0 Å². The van der Waals surface area contributed by atoms with Crippen molar-refractivity contribution in [2.24, 2.45) is 5.73 Å². The van der Waals surface area contributed by atoms with E-state index in [0.717, 1.165) is 10.3 Å². The van der Waals surface area contributed by atoms with Crippen LogP contribution in [0.2, 0.25) is 0 Å². The number of nitrogens with two attached hydrogens (primary N) is 1. The number of aromatic nitrogens is 1. The quantitative estimate of drug-likeness (QED) is 0.818. The van der Waals surface area contributed by atoms with E-state index >= 15 is 0 Å². The third-order valence-corrected chi connectivity index (χ3v) is 2.81. The molecule has 0 radical (unpaired) electrons. The van der Waals surface area contributed by atoms with Crippen LogP contribution in [0.25, 0.3) is 10.9 Å². The predicted octanol–water partition coefficient (Wildman–Crippen LogP) is 0.247. The normalized spacial score (nSPS) is 10.3. The number of rotatable bonds is 5. The van der Waals surface area contributed by atoms with Crippen molar-refractivity contribution in [2.75, 3.05) is 13.1 Å². The van der Waals surface area contributed by atoms with Crippen LogP contribution < -0.4 is 5.73 Å². The molecule has 7 nitrogen and oxygen atoms in total. The van der Waals surface area contributed by atoms with Gasteiger partial charge < -0.3 is 15.7 Å². The Morgan fingerprint density at radius 2 is 1.95 bits per heavy atom. The van der Waals surface area contributed by atoms with Crippen molar-refractivity contribution in [3.8, 4) is 0 Å². The molecule has 0 unspecified atom stereocenters.